The maximum Gasteiger partial charge on any atom is 0.273 e. The van der Waals surface area contributed by atoms with Gasteiger partial charge in [-0.3, -0.25) is 9.59 Å². The maximum atomic E-state index is 14.2. The molecule has 1 saturated heterocycles. The molecule has 39 heavy (non-hydrogen) atoms. The number of hydrogen-bond acceptors (Lipinski definition) is 5. The van der Waals surface area contributed by atoms with Crippen LogP contribution in [-0.4, -0.2) is 47.5 Å². The van der Waals surface area contributed by atoms with Crippen LogP contribution in [0.15, 0.2) is 53.1 Å². The highest BCUT2D eigenvalue weighted by Crippen LogP contribution is 2.46. The Morgan fingerprint density at radius 2 is 1.74 bits per heavy atom. The molecular weight excluding hydrogens is 509 g/mol. The molecule has 2 aliphatic carbocycles. The first kappa shape index (κ1) is 25.6. The number of amides is 2. The molecule has 6 rings (SSSR count). The van der Waals surface area contributed by atoms with E-state index in [0.29, 0.717) is 18.9 Å². The van der Waals surface area contributed by atoms with Crippen LogP contribution < -0.4 is 10.6 Å². The van der Waals surface area contributed by atoms with Gasteiger partial charge in [-0.15, -0.1) is 0 Å². The second-order valence-corrected chi connectivity index (χ2v) is 11.0. The van der Waals surface area contributed by atoms with Crippen LogP contribution in [0.2, 0.25) is 0 Å². The zero-order chi connectivity index (χ0) is 27.1. The number of piperidine rings is 1. The summed E-state index contributed by atoms with van der Waals surface area (Å²) in [5.41, 5.74) is 0.284. The average Bonchev–Trinajstić information content (AvgIpc) is 3.84. The largest absolute Gasteiger partial charge is 0.355 e. The van der Waals surface area contributed by atoms with E-state index in [-0.39, 0.29) is 28.7 Å². The summed E-state index contributed by atoms with van der Waals surface area (Å²) >= 11 is 0. The van der Waals surface area contributed by atoms with Crippen LogP contribution in [0.3, 0.4) is 0 Å². The molecule has 2 saturated carbocycles. The first-order valence-electron chi connectivity index (χ1n) is 13.3. The van der Waals surface area contributed by atoms with Gasteiger partial charge in [-0.1, -0.05) is 17.3 Å². The standard InChI is InChI=1S/C29H29F3N4O3/c30-19-5-3-18(4-6-19)29(10-11-29)34-27(37)22-16-36(15-17-1-2-17)12-9-24(22)33-28(38)25-14-26(39-35-25)21-8-7-20(31)13-23(21)32/h3-8,13-14,17,22,24H,1-2,9-12,15-16H2,(H,33,38)(H,34,37)/t22-,24-/m0/s1. The molecule has 0 unspecified atom stereocenters. The average molecular weight is 539 g/mol. The van der Waals surface area contributed by atoms with E-state index in [9.17, 15) is 22.8 Å². The molecule has 2 amide bonds. The van der Waals surface area contributed by atoms with Crippen molar-refractivity contribution in [2.75, 3.05) is 19.6 Å². The topological polar surface area (TPSA) is 87.5 Å². The SMILES string of the molecule is O=C(N[C@H]1CCN(CC2CC2)C[C@@H]1C(=O)NC1(c2ccc(F)cc2)CC1)c1cc(-c2ccc(F)cc2F)on1. The Balaban J connectivity index is 1.17. The van der Waals surface area contributed by atoms with Crippen LogP contribution in [0.4, 0.5) is 13.2 Å². The highest BCUT2D eigenvalue weighted by Gasteiger charge is 2.48. The molecule has 7 nitrogen and oxygen atoms in total. The summed E-state index contributed by atoms with van der Waals surface area (Å²) in [5.74, 6) is -2.41. The minimum atomic E-state index is -0.826. The van der Waals surface area contributed by atoms with E-state index in [4.69, 9.17) is 4.52 Å². The van der Waals surface area contributed by atoms with E-state index >= 15 is 0 Å². The summed E-state index contributed by atoms with van der Waals surface area (Å²) in [6, 6.07) is 10.1. The van der Waals surface area contributed by atoms with E-state index in [1.165, 1.54) is 37.1 Å². The first-order chi connectivity index (χ1) is 18.8. The number of hydrogen-bond donors (Lipinski definition) is 2. The fraction of sp³-hybridized carbons (Fsp3) is 0.414. The molecule has 1 aromatic heterocycles. The normalized spacial score (nSPS) is 22.3. The van der Waals surface area contributed by atoms with Crippen LogP contribution in [0.25, 0.3) is 11.3 Å². The van der Waals surface area contributed by atoms with Crippen LogP contribution in [0, 0.1) is 29.3 Å². The van der Waals surface area contributed by atoms with Crippen molar-refractivity contribution in [1.29, 1.82) is 0 Å². The van der Waals surface area contributed by atoms with Gasteiger partial charge in [0.2, 0.25) is 5.91 Å². The molecule has 2 atom stereocenters. The highest BCUT2D eigenvalue weighted by molar-refractivity contribution is 5.94. The highest BCUT2D eigenvalue weighted by atomic mass is 19.1. The van der Waals surface area contributed by atoms with Crippen molar-refractivity contribution in [2.45, 2.75) is 43.7 Å². The van der Waals surface area contributed by atoms with Crippen molar-refractivity contribution in [3.63, 3.8) is 0 Å². The number of nitrogens with one attached hydrogen (secondary N) is 2. The quantitative estimate of drug-likeness (QED) is 0.444. The number of likely N-dealkylation sites (tertiary alicyclic amines) is 1. The number of halogens is 3. The number of aromatic nitrogens is 1. The van der Waals surface area contributed by atoms with Gasteiger partial charge in [-0.25, -0.2) is 13.2 Å². The Labute approximate surface area is 223 Å². The third-order valence-corrected chi connectivity index (χ3v) is 8.01. The molecule has 204 valence electrons. The monoisotopic (exact) mass is 538 g/mol. The van der Waals surface area contributed by atoms with Gasteiger partial charge in [-0.2, -0.15) is 0 Å². The molecule has 2 N–H and O–H groups in total. The van der Waals surface area contributed by atoms with Gasteiger partial charge in [0.05, 0.1) is 17.0 Å². The lowest BCUT2D eigenvalue weighted by atomic mass is 9.90. The molecule has 0 radical (unpaired) electrons. The second-order valence-electron chi connectivity index (χ2n) is 11.0. The molecule has 3 fully saturated rings. The van der Waals surface area contributed by atoms with Crippen LogP contribution in [-0.2, 0) is 10.3 Å². The van der Waals surface area contributed by atoms with E-state index in [1.807, 2.05) is 0 Å². The fourth-order valence-electron chi connectivity index (χ4n) is 5.44. The van der Waals surface area contributed by atoms with Crippen LogP contribution in [0.5, 0.6) is 0 Å². The zero-order valence-electron chi connectivity index (χ0n) is 21.3. The van der Waals surface area contributed by atoms with E-state index in [1.54, 1.807) is 12.1 Å². The van der Waals surface area contributed by atoms with Crippen molar-refractivity contribution in [3.05, 3.63) is 77.2 Å². The third kappa shape index (κ3) is 5.56. The van der Waals surface area contributed by atoms with Gasteiger partial charge in [0, 0.05) is 37.8 Å². The van der Waals surface area contributed by atoms with Crippen molar-refractivity contribution < 1.29 is 27.3 Å². The number of benzene rings is 2. The molecule has 3 aliphatic rings. The molecular formula is C29H29F3N4O3. The molecule has 2 heterocycles. The molecule has 10 heteroatoms. The summed E-state index contributed by atoms with van der Waals surface area (Å²) < 4.78 is 46.1. The predicted molar refractivity (Wildman–Crippen MR) is 136 cm³/mol. The predicted octanol–water partition coefficient (Wildman–Crippen LogP) is 4.39. The van der Waals surface area contributed by atoms with Gasteiger partial charge in [0.15, 0.2) is 11.5 Å². The van der Waals surface area contributed by atoms with Gasteiger partial charge >= 0.3 is 0 Å². The zero-order valence-corrected chi connectivity index (χ0v) is 21.3. The van der Waals surface area contributed by atoms with Crippen molar-refractivity contribution in [1.82, 2.24) is 20.7 Å². The van der Waals surface area contributed by atoms with E-state index in [0.717, 1.165) is 43.6 Å². The number of rotatable bonds is 8. The van der Waals surface area contributed by atoms with Crippen molar-refractivity contribution in [2.24, 2.45) is 11.8 Å². The maximum absolute atomic E-state index is 14.2. The van der Waals surface area contributed by atoms with Crippen LogP contribution in [0.1, 0.15) is 48.2 Å². The smallest absolute Gasteiger partial charge is 0.273 e. The summed E-state index contributed by atoms with van der Waals surface area (Å²) in [4.78, 5) is 29.1. The van der Waals surface area contributed by atoms with Gasteiger partial charge in [-0.05, 0) is 67.9 Å². The fourth-order valence-corrected chi connectivity index (χ4v) is 5.44. The second kappa shape index (κ2) is 10.1. The Morgan fingerprint density at radius 3 is 2.44 bits per heavy atom. The number of carbonyl (C=O) groups is 2. The lowest BCUT2D eigenvalue weighted by molar-refractivity contribution is -0.128. The first-order valence-corrected chi connectivity index (χ1v) is 13.3. The van der Waals surface area contributed by atoms with Gasteiger partial charge in [0.25, 0.3) is 5.91 Å². The summed E-state index contributed by atoms with van der Waals surface area (Å²) in [6.45, 7) is 2.19. The molecule has 2 aromatic carbocycles. The summed E-state index contributed by atoms with van der Waals surface area (Å²) in [6.07, 6.45) is 4.51. The summed E-state index contributed by atoms with van der Waals surface area (Å²) in [7, 11) is 0. The number of carbonyl (C=O) groups excluding carboxylic acids is 2. The lowest BCUT2D eigenvalue weighted by Crippen LogP contribution is -2.57. The molecule has 0 bridgehead atoms. The van der Waals surface area contributed by atoms with Gasteiger partial charge in [0.1, 0.15) is 17.5 Å². The van der Waals surface area contributed by atoms with Crippen molar-refractivity contribution >= 4 is 11.8 Å². The van der Waals surface area contributed by atoms with Crippen LogP contribution >= 0.6 is 0 Å². The Bertz CT molecular complexity index is 1380. The Hall–Kier alpha value is -3.66. The molecule has 0 spiro atoms. The molecule has 1 aliphatic heterocycles. The summed E-state index contributed by atoms with van der Waals surface area (Å²) in [5, 5.41) is 9.92. The van der Waals surface area contributed by atoms with E-state index in [2.05, 4.69) is 20.7 Å². The Kier molecular flexibility index (Phi) is 6.66. The Morgan fingerprint density at radius 1 is 1.00 bits per heavy atom. The minimum Gasteiger partial charge on any atom is -0.355 e. The molecule has 3 aromatic rings. The van der Waals surface area contributed by atoms with E-state index < -0.39 is 35.0 Å². The number of nitrogens with zero attached hydrogens (tertiary/aromatic N) is 2. The van der Waals surface area contributed by atoms with Crippen molar-refractivity contribution in [3.8, 4) is 11.3 Å². The minimum absolute atomic E-state index is 0.00108. The third-order valence-electron chi connectivity index (χ3n) is 8.01. The lowest BCUT2D eigenvalue weighted by Gasteiger charge is -2.38. The van der Waals surface area contributed by atoms with Gasteiger partial charge < -0.3 is 20.1 Å².